The molecule has 53 heavy (non-hydrogen) atoms. The van der Waals surface area contributed by atoms with Crippen molar-refractivity contribution in [2.75, 3.05) is 0 Å². The Morgan fingerprint density at radius 2 is 1.09 bits per heavy atom. The van der Waals surface area contributed by atoms with Crippen LogP contribution in [-0.2, 0) is 0 Å². The summed E-state index contributed by atoms with van der Waals surface area (Å²) in [6.07, 6.45) is 0. The quantitative estimate of drug-likeness (QED) is 0.185. The molecule has 5 heteroatoms. The van der Waals surface area contributed by atoms with Crippen LogP contribution in [0, 0.1) is 0 Å². The summed E-state index contributed by atoms with van der Waals surface area (Å²) in [7, 11) is 0. The predicted molar refractivity (Wildman–Crippen MR) is 224 cm³/mol. The first kappa shape index (κ1) is 28.8. The minimum atomic E-state index is 0.714. The van der Waals surface area contributed by atoms with Crippen LogP contribution in [-0.4, -0.2) is 19.1 Å². The fourth-order valence-corrected chi connectivity index (χ4v) is 9.65. The van der Waals surface area contributed by atoms with Gasteiger partial charge >= 0.3 is 0 Å². The van der Waals surface area contributed by atoms with Gasteiger partial charge in [-0.3, -0.25) is 4.57 Å². The summed E-state index contributed by atoms with van der Waals surface area (Å²) in [5.41, 5.74) is 7.72. The molecule has 0 saturated heterocycles. The Morgan fingerprint density at radius 1 is 0.415 bits per heavy atom. The zero-order valence-corrected chi connectivity index (χ0v) is 29.2. The van der Waals surface area contributed by atoms with E-state index in [0.717, 1.165) is 49.2 Å². The van der Waals surface area contributed by atoms with Crippen LogP contribution < -0.4 is 0 Å². The SMILES string of the molecule is c1ccc(-n2c3ccccc3c3cc(-c4nc(-n5c6cc7ccccc7cc6c6c7ccccc7ccc65)c5sc6ccccc6c5n4)ccc32)cc1. The molecule has 0 bridgehead atoms. The maximum Gasteiger partial charge on any atom is 0.162 e. The van der Waals surface area contributed by atoms with Crippen molar-refractivity contribution < 1.29 is 0 Å². The van der Waals surface area contributed by atoms with E-state index in [0.29, 0.717) is 5.82 Å². The minimum absolute atomic E-state index is 0.714. The molecule has 0 saturated carbocycles. The topological polar surface area (TPSA) is 35.6 Å². The number of hydrogen-bond donors (Lipinski definition) is 0. The smallest absolute Gasteiger partial charge is 0.162 e. The van der Waals surface area contributed by atoms with E-state index in [1.54, 1.807) is 11.3 Å². The van der Waals surface area contributed by atoms with Crippen molar-refractivity contribution in [3.05, 3.63) is 170 Å². The van der Waals surface area contributed by atoms with Crippen molar-refractivity contribution in [2.45, 2.75) is 0 Å². The lowest BCUT2D eigenvalue weighted by Crippen LogP contribution is -2.01. The second-order valence-corrected chi connectivity index (χ2v) is 14.9. The van der Waals surface area contributed by atoms with Gasteiger partial charge in [0.2, 0.25) is 0 Å². The summed E-state index contributed by atoms with van der Waals surface area (Å²) in [4.78, 5) is 11.0. The Balaban J connectivity index is 1.20. The minimum Gasteiger partial charge on any atom is -0.309 e. The number of aromatic nitrogens is 4. The molecule has 0 amide bonds. The molecule has 0 aliphatic heterocycles. The molecular formula is C48H28N4S. The van der Waals surface area contributed by atoms with Crippen molar-refractivity contribution >= 4 is 96.8 Å². The molecule has 8 aromatic carbocycles. The highest BCUT2D eigenvalue weighted by Gasteiger charge is 2.23. The third-order valence-corrected chi connectivity index (χ3v) is 12.0. The third-order valence-electron chi connectivity index (χ3n) is 10.9. The van der Waals surface area contributed by atoms with Crippen molar-refractivity contribution in [3.63, 3.8) is 0 Å². The lowest BCUT2D eigenvalue weighted by molar-refractivity contribution is 1.08. The fraction of sp³-hybridized carbons (Fsp3) is 0. The van der Waals surface area contributed by atoms with Gasteiger partial charge in [-0.2, -0.15) is 0 Å². The molecular weight excluding hydrogens is 665 g/mol. The molecule has 4 nitrogen and oxygen atoms in total. The Labute approximate surface area is 307 Å². The normalized spacial score (nSPS) is 12.2. The number of hydrogen-bond acceptors (Lipinski definition) is 3. The van der Waals surface area contributed by atoms with E-state index >= 15 is 0 Å². The van der Waals surface area contributed by atoms with E-state index in [1.807, 2.05) is 0 Å². The van der Waals surface area contributed by atoms with Gasteiger partial charge in [0.25, 0.3) is 0 Å². The highest BCUT2D eigenvalue weighted by atomic mass is 32.1. The second-order valence-electron chi connectivity index (χ2n) is 13.8. The van der Waals surface area contributed by atoms with Crippen LogP contribution in [0.3, 0.4) is 0 Å². The van der Waals surface area contributed by atoms with Crippen LogP contribution >= 0.6 is 11.3 Å². The zero-order valence-electron chi connectivity index (χ0n) is 28.4. The van der Waals surface area contributed by atoms with E-state index in [1.165, 1.54) is 53.3 Å². The molecule has 4 aromatic heterocycles. The van der Waals surface area contributed by atoms with E-state index in [9.17, 15) is 0 Å². The Kier molecular flexibility index (Phi) is 5.90. The molecule has 0 radical (unpaired) electrons. The molecule has 0 aliphatic rings. The molecule has 0 fully saturated rings. The average molecular weight is 693 g/mol. The van der Waals surface area contributed by atoms with Crippen molar-refractivity contribution in [1.82, 2.24) is 19.1 Å². The standard InChI is InChI=1S/C48H28N4S/c1-2-15-33(16-3-1)51-39-20-10-8-18-35(39)37-27-32(23-24-40(37)51)47-49-45-36-19-9-11-21-43(36)53-46(45)48(50-47)52-41-25-22-29-12-6-7-17-34(29)44(41)38-26-30-13-4-5-14-31(30)28-42(38)52/h1-28H. The van der Waals surface area contributed by atoms with E-state index in [4.69, 9.17) is 9.97 Å². The highest BCUT2D eigenvalue weighted by molar-refractivity contribution is 7.26. The molecule has 0 aliphatic carbocycles. The van der Waals surface area contributed by atoms with Gasteiger partial charge in [-0.1, -0.05) is 109 Å². The van der Waals surface area contributed by atoms with Crippen LogP contribution in [0.5, 0.6) is 0 Å². The van der Waals surface area contributed by atoms with Crippen LogP contribution in [0.1, 0.15) is 0 Å². The van der Waals surface area contributed by atoms with Gasteiger partial charge in [-0.05, 0) is 82.2 Å². The second kappa shape index (κ2) is 10.8. The van der Waals surface area contributed by atoms with Crippen molar-refractivity contribution in [1.29, 1.82) is 0 Å². The summed E-state index contributed by atoms with van der Waals surface area (Å²) >= 11 is 1.77. The highest BCUT2D eigenvalue weighted by Crippen LogP contribution is 2.43. The number of para-hydroxylation sites is 2. The summed E-state index contributed by atoms with van der Waals surface area (Å²) in [6, 6.07) is 61.2. The van der Waals surface area contributed by atoms with Crippen LogP contribution in [0.15, 0.2) is 170 Å². The molecule has 246 valence electrons. The van der Waals surface area contributed by atoms with Gasteiger partial charge in [-0.25, -0.2) is 9.97 Å². The van der Waals surface area contributed by atoms with Gasteiger partial charge in [0.05, 0.1) is 32.3 Å². The van der Waals surface area contributed by atoms with E-state index in [2.05, 4.69) is 179 Å². The first-order chi connectivity index (χ1) is 26.3. The molecule has 12 rings (SSSR count). The van der Waals surface area contributed by atoms with Crippen LogP contribution in [0.4, 0.5) is 0 Å². The Hall–Kier alpha value is -6.82. The maximum atomic E-state index is 5.58. The van der Waals surface area contributed by atoms with E-state index in [-0.39, 0.29) is 0 Å². The monoisotopic (exact) mass is 692 g/mol. The molecule has 0 spiro atoms. The summed E-state index contributed by atoms with van der Waals surface area (Å²) in [5.74, 6) is 1.62. The van der Waals surface area contributed by atoms with Crippen LogP contribution in [0.25, 0.3) is 108 Å². The third kappa shape index (κ3) is 4.11. The van der Waals surface area contributed by atoms with Crippen molar-refractivity contribution in [3.8, 4) is 22.9 Å². The predicted octanol–water partition coefficient (Wildman–Crippen LogP) is 13.0. The van der Waals surface area contributed by atoms with Gasteiger partial charge in [0.15, 0.2) is 11.6 Å². The largest absolute Gasteiger partial charge is 0.309 e. The van der Waals surface area contributed by atoms with E-state index < -0.39 is 0 Å². The van der Waals surface area contributed by atoms with Gasteiger partial charge in [-0.15, -0.1) is 11.3 Å². The van der Waals surface area contributed by atoms with Crippen LogP contribution in [0.2, 0.25) is 0 Å². The first-order valence-corrected chi connectivity index (χ1v) is 18.7. The maximum absolute atomic E-state index is 5.58. The molecule has 0 N–H and O–H groups in total. The lowest BCUT2D eigenvalue weighted by atomic mass is 10.0. The summed E-state index contributed by atoms with van der Waals surface area (Å²) in [5, 5.41) is 10.9. The number of fused-ring (bicyclic) bond motifs is 12. The Bertz CT molecular complexity index is 3460. The summed E-state index contributed by atoms with van der Waals surface area (Å²) < 4.78 is 7.03. The van der Waals surface area contributed by atoms with Gasteiger partial charge < -0.3 is 4.57 Å². The zero-order chi connectivity index (χ0) is 34.6. The number of nitrogens with zero attached hydrogens (tertiary/aromatic N) is 4. The number of benzene rings is 8. The number of thiophene rings is 1. The lowest BCUT2D eigenvalue weighted by Gasteiger charge is -2.12. The average Bonchev–Trinajstić information content (AvgIpc) is 3.87. The Morgan fingerprint density at radius 3 is 1.96 bits per heavy atom. The first-order valence-electron chi connectivity index (χ1n) is 17.9. The molecule has 12 aromatic rings. The summed E-state index contributed by atoms with van der Waals surface area (Å²) in [6.45, 7) is 0. The van der Waals surface area contributed by atoms with Gasteiger partial charge in [0, 0.05) is 42.9 Å². The van der Waals surface area contributed by atoms with Crippen molar-refractivity contribution in [2.24, 2.45) is 0 Å². The fourth-order valence-electron chi connectivity index (χ4n) is 8.53. The molecule has 4 heterocycles. The number of rotatable bonds is 3. The van der Waals surface area contributed by atoms with Gasteiger partial charge in [0.1, 0.15) is 0 Å². The molecule has 0 atom stereocenters. The molecule has 0 unspecified atom stereocenters.